The number of nitrogens with zero attached hydrogens (tertiary/aromatic N) is 1. The number of aromatic nitrogens is 1. The number of halogens is 2. The van der Waals surface area contributed by atoms with E-state index in [0.717, 1.165) is 25.5 Å². The summed E-state index contributed by atoms with van der Waals surface area (Å²) in [7, 11) is 0. The number of nitrogens with one attached hydrogen (secondary N) is 2. The second kappa shape index (κ2) is 7.97. The Kier molecular flexibility index (Phi) is 5.54. The van der Waals surface area contributed by atoms with E-state index >= 15 is 0 Å². The molecule has 0 spiro atoms. The van der Waals surface area contributed by atoms with Gasteiger partial charge in [0.2, 0.25) is 0 Å². The van der Waals surface area contributed by atoms with Gasteiger partial charge in [0, 0.05) is 15.0 Å². The normalized spacial score (nSPS) is 18.7. The summed E-state index contributed by atoms with van der Waals surface area (Å²) in [5, 5.41) is 5.95. The van der Waals surface area contributed by atoms with E-state index < -0.39 is 24.4 Å². The van der Waals surface area contributed by atoms with Gasteiger partial charge in [0.1, 0.15) is 12.4 Å². The van der Waals surface area contributed by atoms with E-state index in [1.54, 1.807) is 5.51 Å². The first kappa shape index (κ1) is 20.2. The van der Waals surface area contributed by atoms with Crippen LogP contribution in [0.5, 0.6) is 5.75 Å². The lowest BCUT2D eigenvalue weighted by Gasteiger charge is -2.32. The van der Waals surface area contributed by atoms with Crippen molar-refractivity contribution in [3.63, 3.8) is 0 Å². The van der Waals surface area contributed by atoms with Crippen molar-refractivity contribution < 1.29 is 18.3 Å². The third-order valence-corrected chi connectivity index (χ3v) is 7.06. The quantitative estimate of drug-likeness (QED) is 0.625. The van der Waals surface area contributed by atoms with Crippen LogP contribution in [0.25, 0.3) is 10.1 Å². The summed E-state index contributed by atoms with van der Waals surface area (Å²) in [6, 6.07) is 4.40. The zero-order valence-corrected chi connectivity index (χ0v) is 17.7. The predicted octanol–water partition coefficient (Wildman–Crippen LogP) is 4.28. The van der Waals surface area contributed by atoms with Crippen molar-refractivity contribution in [1.29, 1.82) is 0 Å². The summed E-state index contributed by atoms with van der Waals surface area (Å²) in [4.78, 5) is 18.9. The van der Waals surface area contributed by atoms with Gasteiger partial charge in [-0.15, -0.1) is 22.7 Å². The standard InChI is InChI=1S/C20H21F2N3O2S2/c1-11-16(28-10-24-11)8-27-13-3-4-15-14(7-13)18(12(2)29-15)19(26)25-17-5-6-23-9-20(17,21)22/h3-4,7,10,17,23H,5-6,8-9H2,1-2H3,(H,25,26)/t17-/m0/s1. The van der Waals surface area contributed by atoms with Crippen molar-refractivity contribution in [2.45, 2.75) is 38.8 Å². The van der Waals surface area contributed by atoms with Crippen LogP contribution in [0.3, 0.4) is 0 Å². The van der Waals surface area contributed by atoms with Gasteiger partial charge in [-0.1, -0.05) is 0 Å². The van der Waals surface area contributed by atoms with Gasteiger partial charge in [0.25, 0.3) is 11.8 Å². The minimum atomic E-state index is -2.96. The molecule has 1 aromatic carbocycles. The Morgan fingerprint density at radius 1 is 1.41 bits per heavy atom. The first-order valence-electron chi connectivity index (χ1n) is 9.29. The summed E-state index contributed by atoms with van der Waals surface area (Å²) in [5.41, 5.74) is 3.16. The van der Waals surface area contributed by atoms with Gasteiger partial charge < -0.3 is 15.4 Å². The van der Waals surface area contributed by atoms with E-state index in [4.69, 9.17) is 4.74 Å². The molecular weight excluding hydrogens is 416 g/mol. The van der Waals surface area contributed by atoms with E-state index in [2.05, 4.69) is 15.6 Å². The molecule has 2 N–H and O–H groups in total. The van der Waals surface area contributed by atoms with E-state index in [1.165, 1.54) is 22.7 Å². The van der Waals surface area contributed by atoms with Gasteiger partial charge in [-0.2, -0.15) is 0 Å². The summed E-state index contributed by atoms with van der Waals surface area (Å²) in [5.74, 6) is -2.80. The van der Waals surface area contributed by atoms with Gasteiger partial charge >= 0.3 is 0 Å². The highest BCUT2D eigenvalue weighted by molar-refractivity contribution is 7.19. The molecule has 2 aromatic heterocycles. The Bertz CT molecular complexity index is 1050. The van der Waals surface area contributed by atoms with Crippen molar-refractivity contribution in [2.75, 3.05) is 13.1 Å². The van der Waals surface area contributed by atoms with E-state index in [9.17, 15) is 13.6 Å². The summed E-state index contributed by atoms with van der Waals surface area (Å²) < 4.78 is 35.0. The molecular formula is C20H21F2N3O2S2. The molecule has 0 bridgehead atoms. The smallest absolute Gasteiger partial charge is 0.280 e. The lowest BCUT2D eigenvalue weighted by atomic mass is 10.0. The highest BCUT2D eigenvalue weighted by atomic mass is 32.1. The molecule has 1 saturated heterocycles. The van der Waals surface area contributed by atoms with Crippen LogP contribution in [-0.4, -0.2) is 35.9 Å². The zero-order chi connectivity index (χ0) is 20.6. The van der Waals surface area contributed by atoms with Crippen LogP contribution in [0.2, 0.25) is 0 Å². The van der Waals surface area contributed by atoms with Gasteiger partial charge in [-0.05, 0) is 45.0 Å². The monoisotopic (exact) mass is 437 g/mol. The highest BCUT2D eigenvalue weighted by Crippen LogP contribution is 2.34. The van der Waals surface area contributed by atoms with Crippen LogP contribution in [-0.2, 0) is 6.61 Å². The zero-order valence-electron chi connectivity index (χ0n) is 16.1. The lowest BCUT2D eigenvalue weighted by molar-refractivity contribution is -0.0487. The molecule has 0 radical (unpaired) electrons. The highest BCUT2D eigenvalue weighted by Gasteiger charge is 2.42. The molecule has 4 rings (SSSR count). The number of thiazole rings is 1. The molecule has 1 amide bonds. The van der Waals surface area contributed by atoms with Crippen molar-refractivity contribution in [1.82, 2.24) is 15.6 Å². The van der Waals surface area contributed by atoms with E-state index in [-0.39, 0.29) is 6.42 Å². The Hall–Kier alpha value is -2.10. The second-order valence-electron chi connectivity index (χ2n) is 7.09. The first-order valence-corrected chi connectivity index (χ1v) is 11.0. The number of piperidine rings is 1. The average molecular weight is 438 g/mol. The molecule has 29 heavy (non-hydrogen) atoms. The van der Waals surface area contributed by atoms with Gasteiger partial charge in [-0.25, -0.2) is 13.8 Å². The van der Waals surface area contributed by atoms with E-state index in [1.807, 2.05) is 32.0 Å². The van der Waals surface area contributed by atoms with Crippen molar-refractivity contribution >= 4 is 38.7 Å². The number of aryl methyl sites for hydroxylation is 2. The van der Waals surface area contributed by atoms with Gasteiger partial charge in [0.15, 0.2) is 0 Å². The molecule has 0 unspecified atom stereocenters. The summed E-state index contributed by atoms with van der Waals surface area (Å²) in [6.45, 7) is 4.20. The fourth-order valence-electron chi connectivity index (χ4n) is 3.43. The number of thiophene rings is 1. The van der Waals surface area contributed by atoms with Crippen LogP contribution in [0, 0.1) is 13.8 Å². The number of benzene rings is 1. The molecule has 9 heteroatoms. The van der Waals surface area contributed by atoms with Crippen LogP contribution < -0.4 is 15.4 Å². The Labute approximate surface area is 175 Å². The van der Waals surface area contributed by atoms with Crippen molar-refractivity contribution in [2.24, 2.45) is 0 Å². The summed E-state index contributed by atoms with van der Waals surface area (Å²) >= 11 is 3.00. The number of amides is 1. The Balaban J connectivity index is 1.57. The van der Waals surface area contributed by atoms with Crippen LogP contribution in [0.1, 0.15) is 32.2 Å². The number of fused-ring (bicyclic) bond motifs is 1. The van der Waals surface area contributed by atoms with Crippen LogP contribution in [0.4, 0.5) is 8.78 Å². The minimum absolute atomic E-state index is 0.197. The molecule has 1 aliphatic rings. The maximum atomic E-state index is 14.1. The molecule has 154 valence electrons. The summed E-state index contributed by atoms with van der Waals surface area (Å²) in [6.07, 6.45) is 0.197. The third-order valence-electron chi connectivity index (χ3n) is 5.06. The van der Waals surface area contributed by atoms with Gasteiger partial charge in [0.05, 0.1) is 34.2 Å². The van der Waals surface area contributed by atoms with Crippen LogP contribution >= 0.6 is 22.7 Å². The fourth-order valence-corrected chi connectivity index (χ4v) is 5.16. The Morgan fingerprint density at radius 2 is 2.24 bits per heavy atom. The number of alkyl halides is 2. The van der Waals surface area contributed by atoms with E-state index in [0.29, 0.717) is 24.5 Å². The molecule has 1 aliphatic heterocycles. The number of ether oxygens (including phenoxy) is 1. The minimum Gasteiger partial charge on any atom is -0.488 e. The third kappa shape index (κ3) is 4.12. The fraction of sp³-hybridized carbons (Fsp3) is 0.400. The number of carbonyl (C=O) groups is 1. The molecule has 3 aromatic rings. The largest absolute Gasteiger partial charge is 0.488 e. The SMILES string of the molecule is Cc1ncsc1COc1ccc2sc(C)c(C(=O)N[C@H]3CCNCC3(F)F)c2c1. The molecule has 1 atom stereocenters. The molecule has 0 saturated carbocycles. The van der Waals surface area contributed by atoms with Gasteiger partial charge in [-0.3, -0.25) is 4.79 Å². The maximum Gasteiger partial charge on any atom is 0.280 e. The Morgan fingerprint density at radius 3 is 2.97 bits per heavy atom. The maximum absolute atomic E-state index is 14.1. The second-order valence-corrected chi connectivity index (χ2v) is 9.29. The number of carbonyl (C=O) groups excluding carboxylic acids is 1. The molecule has 3 heterocycles. The van der Waals surface area contributed by atoms with Crippen molar-refractivity contribution in [3.05, 3.63) is 44.7 Å². The number of rotatable bonds is 5. The first-order chi connectivity index (χ1) is 13.8. The predicted molar refractivity (Wildman–Crippen MR) is 111 cm³/mol. The molecule has 0 aliphatic carbocycles. The number of hydrogen-bond donors (Lipinski definition) is 2. The molecule has 1 fully saturated rings. The lowest BCUT2D eigenvalue weighted by Crippen LogP contribution is -2.57. The van der Waals surface area contributed by atoms with Crippen molar-refractivity contribution in [3.8, 4) is 5.75 Å². The van der Waals surface area contributed by atoms with Crippen LogP contribution in [0.15, 0.2) is 23.7 Å². The average Bonchev–Trinajstić information content (AvgIpc) is 3.23. The molecule has 5 nitrogen and oxygen atoms in total. The number of hydrogen-bond acceptors (Lipinski definition) is 6. The topological polar surface area (TPSA) is 63.2 Å².